The highest BCUT2D eigenvalue weighted by Gasteiger charge is 2.18. The van der Waals surface area contributed by atoms with E-state index in [1.54, 1.807) is 18.1 Å². The lowest BCUT2D eigenvalue weighted by molar-refractivity contribution is -0.133. The van der Waals surface area contributed by atoms with E-state index in [2.05, 4.69) is 31.2 Å². The van der Waals surface area contributed by atoms with Crippen LogP contribution in [0.15, 0.2) is 47.1 Å². The average Bonchev–Trinajstić information content (AvgIpc) is 2.97. The molecule has 1 amide bonds. The number of rotatable bonds is 6. The summed E-state index contributed by atoms with van der Waals surface area (Å²) in [5.74, 6) is 0.714. The van der Waals surface area contributed by atoms with Gasteiger partial charge in [0.15, 0.2) is 0 Å². The Morgan fingerprint density at radius 2 is 2.00 bits per heavy atom. The number of aryl methyl sites for hydroxylation is 1. The SMILES string of the molecule is Cc1ccc(CCN(Cc2ccco2)C(=O)C(C)N)cc1. The van der Waals surface area contributed by atoms with Crippen LogP contribution in [-0.4, -0.2) is 23.4 Å². The lowest BCUT2D eigenvalue weighted by Crippen LogP contribution is -2.42. The molecule has 0 bridgehead atoms. The van der Waals surface area contributed by atoms with Crippen molar-refractivity contribution in [3.8, 4) is 0 Å². The molecule has 1 atom stereocenters. The van der Waals surface area contributed by atoms with E-state index >= 15 is 0 Å². The molecule has 2 rings (SSSR count). The number of carbonyl (C=O) groups is 1. The van der Waals surface area contributed by atoms with E-state index in [0.717, 1.165) is 12.2 Å². The highest BCUT2D eigenvalue weighted by atomic mass is 16.3. The average molecular weight is 286 g/mol. The molecule has 0 aliphatic heterocycles. The van der Waals surface area contributed by atoms with Crippen LogP contribution >= 0.6 is 0 Å². The summed E-state index contributed by atoms with van der Waals surface area (Å²) in [6, 6.07) is 11.5. The van der Waals surface area contributed by atoms with Crippen molar-refractivity contribution in [3.05, 3.63) is 59.5 Å². The van der Waals surface area contributed by atoms with Crippen molar-refractivity contribution >= 4 is 5.91 Å². The van der Waals surface area contributed by atoms with Gasteiger partial charge in [-0.25, -0.2) is 0 Å². The van der Waals surface area contributed by atoms with Crippen molar-refractivity contribution in [2.45, 2.75) is 32.9 Å². The predicted octanol–water partition coefficient (Wildman–Crippen LogP) is 2.51. The molecule has 2 aromatic rings. The molecule has 0 saturated heterocycles. The van der Waals surface area contributed by atoms with Gasteiger partial charge >= 0.3 is 0 Å². The van der Waals surface area contributed by atoms with Crippen LogP contribution in [0.3, 0.4) is 0 Å². The minimum absolute atomic E-state index is 0.0569. The van der Waals surface area contributed by atoms with Gasteiger partial charge in [-0.1, -0.05) is 29.8 Å². The van der Waals surface area contributed by atoms with Crippen LogP contribution in [0.4, 0.5) is 0 Å². The molecule has 0 fully saturated rings. The first kappa shape index (κ1) is 15.3. The summed E-state index contributed by atoms with van der Waals surface area (Å²) in [6.07, 6.45) is 2.42. The minimum Gasteiger partial charge on any atom is -0.467 e. The Hall–Kier alpha value is -2.07. The van der Waals surface area contributed by atoms with Crippen LogP contribution in [0, 0.1) is 6.92 Å². The third kappa shape index (κ3) is 4.46. The van der Waals surface area contributed by atoms with E-state index in [1.807, 2.05) is 12.1 Å². The maximum absolute atomic E-state index is 12.2. The molecule has 2 N–H and O–H groups in total. The van der Waals surface area contributed by atoms with Gasteiger partial charge in [-0.05, 0) is 38.0 Å². The zero-order valence-electron chi connectivity index (χ0n) is 12.6. The summed E-state index contributed by atoms with van der Waals surface area (Å²) in [6.45, 7) is 4.86. The maximum atomic E-state index is 12.2. The molecule has 0 aliphatic carbocycles. The van der Waals surface area contributed by atoms with Crippen LogP contribution < -0.4 is 5.73 Å². The van der Waals surface area contributed by atoms with Gasteiger partial charge in [0, 0.05) is 6.54 Å². The van der Waals surface area contributed by atoms with Gasteiger partial charge in [0.25, 0.3) is 0 Å². The maximum Gasteiger partial charge on any atom is 0.239 e. The second-order valence-electron chi connectivity index (χ2n) is 5.36. The first-order valence-electron chi connectivity index (χ1n) is 7.18. The number of nitrogens with two attached hydrogens (primary N) is 1. The standard InChI is InChI=1S/C17H22N2O2/c1-13-5-7-15(8-6-13)9-10-19(17(20)14(2)18)12-16-4-3-11-21-16/h3-8,11,14H,9-10,12,18H2,1-2H3. The third-order valence-corrected chi connectivity index (χ3v) is 3.42. The van der Waals surface area contributed by atoms with Gasteiger partial charge in [0.2, 0.25) is 5.91 Å². The van der Waals surface area contributed by atoms with Crippen molar-refractivity contribution < 1.29 is 9.21 Å². The van der Waals surface area contributed by atoms with Crippen LogP contribution in [0.1, 0.15) is 23.8 Å². The van der Waals surface area contributed by atoms with Crippen LogP contribution in [0.2, 0.25) is 0 Å². The van der Waals surface area contributed by atoms with E-state index in [9.17, 15) is 4.79 Å². The van der Waals surface area contributed by atoms with Crippen molar-refractivity contribution in [1.29, 1.82) is 0 Å². The molecule has 1 unspecified atom stereocenters. The topological polar surface area (TPSA) is 59.5 Å². The first-order valence-corrected chi connectivity index (χ1v) is 7.18. The zero-order chi connectivity index (χ0) is 15.2. The molecule has 0 saturated carbocycles. The summed E-state index contributed by atoms with van der Waals surface area (Å²) in [5, 5.41) is 0. The fourth-order valence-electron chi connectivity index (χ4n) is 2.16. The fraction of sp³-hybridized carbons (Fsp3) is 0.353. The highest BCUT2D eigenvalue weighted by Crippen LogP contribution is 2.10. The summed E-state index contributed by atoms with van der Waals surface area (Å²) < 4.78 is 5.33. The van der Waals surface area contributed by atoms with Crippen LogP contribution in [0.25, 0.3) is 0 Å². The smallest absolute Gasteiger partial charge is 0.239 e. The Bertz CT molecular complexity index is 559. The molecular formula is C17H22N2O2. The van der Waals surface area contributed by atoms with E-state index in [-0.39, 0.29) is 5.91 Å². The van der Waals surface area contributed by atoms with Gasteiger partial charge in [-0.3, -0.25) is 4.79 Å². The number of hydrogen-bond acceptors (Lipinski definition) is 3. The number of furan rings is 1. The van der Waals surface area contributed by atoms with Gasteiger partial charge in [-0.15, -0.1) is 0 Å². The molecule has 0 radical (unpaired) electrons. The monoisotopic (exact) mass is 286 g/mol. The molecule has 1 aromatic heterocycles. The van der Waals surface area contributed by atoms with Crippen molar-refractivity contribution in [3.63, 3.8) is 0 Å². The second-order valence-corrected chi connectivity index (χ2v) is 5.36. The van der Waals surface area contributed by atoms with Gasteiger partial charge in [0.05, 0.1) is 18.8 Å². The first-order chi connectivity index (χ1) is 10.1. The predicted molar refractivity (Wildman–Crippen MR) is 82.7 cm³/mol. The zero-order valence-corrected chi connectivity index (χ0v) is 12.6. The van der Waals surface area contributed by atoms with Gasteiger partial charge in [-0.2, -0.15) is 0 Å². The molecule has 4 heteroatoms. The number of nitrogens with zero attached hydrogens (tertiary/aromatic N) is 1. The number of hydrogen-bond donors (Lipinski definition) is 1. The second kappa shape index (κ2) is 7.09. The quantitative estimate of drug-likeness (QED) is 0.887. The normalized spacial score (nSPS) is 12.1. The van der Waals surface area contributed by atoms with E-state index in [1.165, 1.54) is 11.1 Å². The van der Waals surface area contributed by atoms with Crippen LogP contribution in [-0.2, 0) is 17.8 Å². The van der Waals surface area contributed by atoms with Crippen molar-refractivity contribution in [2.75, 3.05) is 6.54 Å². The minimum atomic E-state index is -0.502. The molecule has 1 aromatic carbocycles. The Morgan fingerprint density at radius 1 is 1.29 bits per heavy atom. The third-order valence-electron chi connectivity index (χ3n) is 3.42. The Morgan fingerprint density at radius 3 is 2.57 bits per heavy atom. The summed E-state index contributed by atoms with van der Waals surface area (Å²) >= 11 is 0. The van der Waals surface area contributed by atoms with Crippen molar-refractivity contribution in [2.24, 2.45) is 5.73 Å². The van der Waals surface area contributed by atoms with E-state index in [0.29, 0.717) is 13.1 Å². The van der Waals surface area contributed by atoms with Crippen LogP contribution in [0.5, 0.6) is 0 Å². The lowest BCUT2D eigenvalue weighted by atomic mass is 10.1. The van der Waals surface area contributed by atoms with E-state index in [4.69, 9.17) is 10.2 Å². The Kier molecular flexibility index (Phi) is 5.17. The summed E-state index contributed by atoms with van der Waals surface area (Å²) in [5.41, 5.74) is 8.18. The molecule has 1 heterocycles. The van der Waals surface area contributed by atoms with E-state index < -0.39 is 6.04 Å². The number of amides is 1. The number of benzene rings is 1. The van der Waals surface area contributed by atoms with Gasteiger partial charge < -0.3 is 15.1 Å². The summed E-state index contributed by atoms with van der Waals surface area (Å²) in [7, 11) is 0. The molecule has 0 spiro atoms. The fourth-order valence-corrected chi connectivity index (χ4v) is 2.16. The lowest BCUT2D eigenvalue weighted by Gasteiger charge is -2.23. The summed E-state index contributed by atoms with van der Waals surface area (Å²) in [4.78, 5) is 14.0. The van der Waals surface area contributed by atoms with Gasteiger partial charge in [0.1, 0.15) is 5.76 Å². The molecule has 0 aliphatic rings. The van der Waals surface area contributed by atoms with Crippen molar-refractivity contribution in [1.82, 2.24) is 4.90 Å². The molecular weight excluding hydrogens is 264 g/mol. The molecule has 112 valence electrons. The Balaban J connectivity index is 2.01. The highest BCUT2D eigenvalue weighted by molar-refractivity contribution is 5.81. The molecule has 4 nitrogen and oxygen atoms in total. The largest absolute Gasteiger partial charge is 0.467 e. The molecule has 21 heavy (non-hydrogen) atoms. The number of carbonyl (C=O) groups excluding carboxylic acids is 1. The Labute approximate surface area is 125 Å².